The van der Waals surface area contributed by atoms with Crippen LogP contribution >= 0.6 is 23.4 Å². The highest BCUT2D eigenvalue weighted by Crippen LogP contribution is 2.26. The molecule has 0 saturated carbocycles. The Bertz CT molecular complexity index is 1410. The monoisotopic (exact) mass is 550 g/mol. The Kier molecular flexibility index (Phi) is 9.28. The molecular formula is C29H27ClN2O3S2. The summed E-state index contributed by atoms with van der Waals surface area (Å²) in [4.78, 5) is 12.8. The average Bonchev–Trinajstić information content (AvgIpc) is 2.93. The van der Waals surface area contributed by atoms with E-state index in [1.165, 1.54) is 4.31 Å². The summed E-state index contributed by atoms with van der Waals surface area (Å²) in [5.41, 5.74) is 2.95. The van der Waals surface area contributed by atoms with Gasteiger partial charge in [0.15, 0.2) is 0 Å². The lowest BCUT2D eigenvalue weighted by Crippen LogP contribution is -2.30. The van der Waals surface area contributed by atoms with E-state index in [-0.39, 0.29) is 17.3 Å². The zero-order valence-corrected chi connectivity index (χ0v) is 22.5. The van der Waals surface area contributed by atoms with Crippen LogP contribution in [0.5, 0.6) is 0 Å². The lowest BCUT2D eigenvalue weighted by molar-refractivity contribution is 0.0956. The topological polar surface area (TPSA) is 66.5 Å². The Morgan fingerprint density at radius 2 is 1.43 bits per heavy atom. The summed E-state index contributed by atoms with van der Waals surface area (Å²) in [5, 5.41) is 3.68. The normalized spacial score (nSPS) is 11.2. The molecule has 0 bridgehead atoms. The summed E-state index contributed by atoms with van der Waals surface area (Å²) in [6, 6.07) is 32.1. The first kappa shape index (κ1) is 26.8. The maximum absolute atomic E-state index is 13.4. The number of anilines is 1. The first-order valence-electron chi connectivity index (χ1n) is 11.8. The van der Waals surface area contributed by atoms with Crippen molar-refractivity contribution in [2.75, 3.05) is 16.6 Å². The summed E-state index contributed by atoms with van der Waals surface area (Å²) in [5.74, 6) is 1.38. The molecule has 0 heterocycles. The number of nitrogens with one attached hydrogen (secondary N) is 1. The third-order valence-corrected chi connectivity index (χ3v) is 8.83. The molecule has 37 heavy (non-hydrogen) atoms. The molecule has 1 amide bonds. The van der Waals surface area contributed by atoms with Gasteiger partial charge in [-0.3, -0.25) is 9.10 Å². The van der Waals surface area contributed by atoms with E-state index in [9.17, 15) is 13.2 Å². The molecule has 0 radical (unpaired) electrons. The molecule has 4 aromatic carbocycles. The largest absolute Gasteiger partial charge is 0.351 e. The lowest BCUT2D eigenvalue weighted by Gasteiger charge is -2.25. The number of amides is 1. The highest BCUT2D eigenvalue weighted by molar-refractivity contribution is 7.98. The average molecular weight is 551 g/mol. The van der Waals surface area contributed by atoms with Gasteiger partial charge in [0.1, 0.15) is 0 Å². The van der Waals surface area contributed by atoms with Gasteiger partial charge in [-0.25, -0.2) is 8.42 Å². The highest BCUT2D eigenvalue weighted by atomic mass is 35.5. The predicted octanol–water partition coefficient (Wildman–Crippen LogP) is 6.40. The van der Waals surface area contributed by atoms with Crippen molar-refractivity contribution in [2.24, 2.45) is 0 Å². The van der Waals surface area contributed by atoms with Crippen molar-refractivity contribution in [3.8, 4) is 0 Å². The number of halogens is 1. The second kappa shape index (κ2) is 12.8. The van der Waals surface area contributed by atoms with Crippen molar-refractivity contribution in [1.82, 2.24) is 5.32 Å². The smallest absolute Gasteiger partial charge is 0.264 e. The van der Waals surface area contributed by atoms with Crippen molar-refractivity contribution in [3.63, 3.8) is 0 Å². The molecule has 0 unspecified atom stereocenters. The number of hydrogen-bond donors (Lipinski definition) is 1. The van der Waals surface area contributed by atoms with Crippen molar-refractivity contribution in [3.05, 3.63) is 131 Å². The molecule has 8 heteroatoms. The van der Waals surface area contributed by atoms with E-state index in [0.717, 1.165) is 27.7 Å². The number of rotatable bonds is 11. The Balaban J connectivity index is 1.37. The zero-order chi connectivity index (χ0) is 26.1. The van der Waals surface area contributed by atoms with Crippen LogP contribution in [-0.2, 0) is 22.3 Å². The Morgan fingerprint density at radius 3 is 2.11 bits per heavy atom. The molecule has 0 fully saturated rings. The maximum Gasteiger partial charge on any atom is 0.264 e. The molecule has 0 atom stereocenters. The standard InChI is InChI=1S/C29H27ClN2O3S2/c30-28-14-8-7-9-25(28)22-36-20-19-31-29(33)24-17-15-23(16-18-24)21-32(26-10-3-1-4-11-26)37(34,35)27-12-5-2-6-13-27/h1-18H,19-22H2,(H,31,33). The SMILES string of the molecule is O=C(NCCSCc1ccccc1Cl)c1ccc(CN(c2ccccc2)S(=O)(=O)c2ccccc2)cc1. The number of hydrogen-bond acceptors (Lipinski definition) is 4. The predicted molar refractivity (Wildman–Crippen MR) is 153 cm³/mol. The first-order valence-corrected chi connectivity index (χ1v) is 14.7. The molecule has 190 valence electrons. The van der Waals surface area contributed by atoms with E-state index in [4.69, 9.17) is 11.6 Å². The highest BCUT2D eigenvalue weighted by Gasteiger charge is 2.25. The quantitative estimate of drug-likeness (QED) is 0.219. The molecule has 0 aliphatic rings. The van der Waals surface area contributed by atoms with Crippen molar-refractivity contribution in [2.45, 2.75) is 17.2 Å². The van der Waals surface area contributed by atoms with Crippen molar-refractivity contribution >= 4 is 45.0 Å². The van der Waals surface area contributed by atoms with Gasteiger partial charge in [-0.05, 0) is 53.6 Å². The van der Waals surface area contributed by atoms with Crippen LogP contribution in [0.25, 0.3) is 0 Å². The van der Waals surface area contributed by atoms with Crippen LogP contribution in [0, 0.1) is 0 Å². The minimum Gasteiger partial charge on any atom is -0.351 e. The molecule has 0 spiro atoms. The fourth-order valence-corrected chi connectivity index (χ4v) is 6.31. The summed E-state index contributed by atoms with van der Waals surface area (Å²) in [7, 11) is -3.78. The third kappa shape index (κ3) is 7.16. The molecule has 4 rings (SSSR count). The van der Waals surface area contributed by atoms with E-state index < -0.39 is 10.0 Å². The molecular weight excluding hydrogens is 524 g/mol. The van der Waals surface area contributed by atoms with Crippen LogP contribution in [0.3, 0.4) is 0 Å². The minimum absolute atomic E-state index is 0.141. The third-order valence-electron chi connectivity index (χ3n) is 5.67. The number of thioether (sulfide) groups is 1. The number of sulfonamides is 1. The van der Waals surface area contributed by atoms with Gasteiger partial charge in [-0.2, -0.15) is 11.8 Å². The van der Waals surface area contributed by atoms with Crippen LogP contribution in [0.1, 0.15) is 21.5 Å². The summed E-state index contributed by atoms with van der Waals surface area (Å²) in [6.07, 6.45) is 0. The second-order valence-electron chi connectivity index (χ2n) is 8.26. The van der Waals surface area contributed by atoms with E-state index >= 15 is 0 Å². The van der Waals surface area contributed by atoms with E-state index in [1.54, 1.807) is 78.5 Å². The van der Waals surface area contributed by atoms with Crippen LogP contribution < -0.4 is 9.62 Å². The van der Waals surface area contributed by atoms with Gasteiger partial charge in [0.05, 0.1) is 17.1 Å². The van der Waals surface area contributed by atoms with Gasteiger partial charge in [0.25, 0.3) is 15.9 Å². The maximum atomic E-state index is 13.4. The Morgan fingerprint density at radius 1 is 0.811 bits per heavy atom. The van der Waals surface area contributed by atoms with Crippen molar-refractivity contribution < 1.29 is 13.2 Å². The number of para-hydroxylation sites is 1. The van der Waals surface area contributed by atoms with Gasteiger partial charge in [-0.1, -0.05) is 78.3 Å². The number of carbonyl (C=O) groups is 1. The van der Waals surface area contributed by atoms with E-state index in [0.29, 0.717) is 17.8 Å². The zero-order valence-electron chi connectivity index (χ0n) is 20.1. The van der Waals surface area contributed by atoms with Crippen LogP contribution in [-0.4, -0.2) is 26.6 Å². The summed E-state index contributed by atoms with van der Waals surface area (Å²) >= 11 is 7.89. The van der Waals surface area contributed by atoms with Crippen LogP contribution in [0.2, 0.25) is 5.02 Å². The van der Waals surface area contributed by atoms with Gasteiger partial charge in [-0.15, -0.1) is 0 Å². The fourth-order valence-electron chi connectivity index (χ4n) is 3.69. The Labute approximate surface area is 227 Å². The van der Waals surface area contributed by atoms with Gasteiger partial charge in [0.2, 0.25) is 0 Å². The first-order chi connectivity index (χ1) is 17.9. The number of benzene rings is 4. The Hall–Kier alpha value is -3.26. The molecule has 0 aromatic heterocycles. The number of nitrogens with zero attached hydrogens (tertiary/aromatic N) is 1. The number of carbonyl (C=O) groups excluding carboxylic acids is 1. The minimum atomic E-state index is -3.78. The summed E-state index contributed by atoms with van der Waals surface area (Å²) in [6.45, 7) is 0.675. The molecule has 0 aliphatic heterocycles. The van der Waals surface area contributed by atoms with Crippen molar-refractivity contribution in [1.29, 1.82) is 0 Å². The fraction of sp³-hybridized carbons (Fsp3) is 0.138. The summed E-state index contributed by atoms with van der Waals surface area (Å²) < 4.78 is 28.3. The van der Waals surface area contributed by atoms with Crippen LogP contribution in [0.4, 0.5) is 5.69 Å². The van der Waals surface area contributed by atoms with E-state index in [1.807, 2.05) is 42.5 Å². The second-order valence-corrected chi connectivity index (χ2v) is 11.6. The van der Waals surface area contributed by atoms with Gasteiger partial charge in [0, 0.05) is 28.6 Å². The molecule has 0 aliphatic carbocycles. The van der Waals surface area contributed by atoms with Crippen LogP contribution in [0.15, 0.2) is 114 Å². The molecule has 4 aromatic rings. The molecule has 0 saturated heterocycles. The van der Waals surface area contributed by atoms with E-state index in [2.05, 4.69) is 5.32 Å². The molecule has 5 nitrogen and oxygen atoms in total. The lowest BCUT2D eigenvalue weighted by atomic mass is 10.1. The molecule has 1 N–H and O–H groups in total. The van der Waals surface area contributed by atoms with Gasteiger partial charge >= 0.3 is 0 Å². The van der Waals surface area contributed by atoms with Gasteiger partial charge < -0.3 is 5.32 Å².